The monoisotopic (exact) mass is 418 g/mol. The maximum absolute atomic E-state index is 12.3. The predicted octanol–water partition coefficient (Wildman–Crippen LogP) is 6.15. The van der Waals surface area contributed by atoms with Crippen molar-refractivity contribution in [2.45, 2.75) is 0 Å². The molecule has 2 amide bonds. The van der Waals surface area contributed by atoms with Gasteiger partial charge in [0.25, 0.3) is 11.8 Å². The van der Waals surface area contributed by atoms with Crippen LogP contribution in [0.15, 0.2) is 66.7 Å². The van der Waals surface area contributed by atoms with Crippen LogP contribution in [0.5, 0.6) is 0 Å². The van der Waals surface area contributed by atoms with Gasteiger partial charge in [-0.1, -0.05) is 59.1 Å². The standard InChI is InChI=1S/C20H13Cl3N2O2/c21-15-7-3-1-5-13(15)19(26)24-12-9-10-18(17(23)11-12)25-20(27)14-6-2-4-8-16(14)22/h1-11H,(H,24,26)(H,25,27). The van der Waals surface area contributed by atoms with E-state index in [1.165, 1.54) is 0 Å². The number of nitrogens with one attached hydrogen (secondary N) is 2. The van der Waals surface area contributed by atoms with E-state index >= 15 is 0 Å². The molecule has 0 aliphatic carbocycles. The van der Waals surface area contributed by atoms with E-state index in [1.54, 1.807) is 66.7 Å². The number of rotatable bonds is 4. The molecule has 7 heteroatoms. The Hall–Kier alpha value is -2.53. The topological polar surface area (TPSA) is 58.2 Å². The first-order valence-corrected chi connectivity index (χ1v) is 9.00. The summed E-state index contributed by atoms with van der Waals surface area (Å²) in [6.45, 7) is 0. The summed E-state index contributed by atoms with van der Waals surface area (Å²) in [5, 5.41) is 6.38. The Bertz CT molecular complexity index is 1020. The van der Waals surface area contributed by atoms with Gasteiger partial charge in [-0.05, 0) is 42.5 Å². The highest BCUT2D eigenvalue weighted by Crippen LogP contribution is 2.27. The Morgan fingerprint density at radius 3 is 1.67 bits per heavy atom. The van der Waals surface area contributed by atoms with Gasteiger partial charge < -0.3 is 10.6 Å². The highest BCUT2D eigenvalue weighted by Gasteiger charge is 2.13. The first-order chi connectivity index (χ1) is 13.0. The van der Waals surface area contributed by atoms with Crippen molar-refractivity contribution in [1.29, 1.82) is 0 Å². The van der Waals surface area contributed by atoms with E-state index in [0.717, 1.165) is 0 Å². The van der Waals surface area contributed by atoms with Gasteiger partial charge in [-0.2, -0.15) is 0 Å². The molecular formula is C20H13Cl3N2O2. The molecule has 0 radical (unpaired) electrons. The fourth-order valence-corrected chi connectivity index (χ4v) is 3.04. The van der Waals surface area contributed by atoms with Crippen LogP contribution in [0, 0.1) is 0 Å². The molecule has 136 valence electrons. The van der Waals surface area contributed by atoms with Crippen LogP contribution in [0.25, 0.3) is 0 Å². The second kappa shape index (κ2) is 8.44. The largest absolute Gasteiger partial charge is 0.322 e. The molecule has 0 saturated heterocycles. The number of hydrogen-bond acceptors (Lipinski definition) is 2. The SMILES string of the molecule is O=C(Nc1ccc(NC(=O)c2ccccc2Cl)c(Cl)c1)c1ccccc1Cl. The lowest BCUT2D eigenvalue weighted by Gasteiger charge is -2.11. The molecule has 0 fully saturated rings. The second-order valence-electron chi connectivity index (χ2n) is 5.56. The Balaban J connectivity index is 1.74. The maximum Gasteiger partial charge on any atom is 0.257 e. The number of anilines is 2. The molecule has 27 heavy (non-hydrogen) atoms. The Morgan fingerprint density at radius 1 is 0.630 bits per heavy atom. The lowest BCUT2D eigenvalue weighted by atomic mass is 10.2. The minimum Gasteiger partial charge on any atom is -0.322 e. The predicted molar refractivity (Wildman–Crippen MR) is 110 cm³/mol. The quantitative estimate of drug-likeness (QED) is 0.533. The fraction of sp³-hybridized carbons (Fsp3) is 0. The van der Waals surface area contributed by atoms with Gasteiger partial charge in [0.05, 0.1) is 31.9 Å². The van der Waals surface area contributed by atoms with Crippen molar-refractivity contribution in [2.75, 3.05) is 10.6 Å². The molecule has 0 atom stereocenters. The van der Waals surface area contributed by atoms with Gasteiger partial charge in [0.2, 0.25) is 0 Å². The molecule has 3 aromatic rings. The van der Waals surface area contributed by atoms with Crippen LogP contribution in [0.3, 0.4) is 0 Å². The summed E-state index contributed by atoms with van der Waals surface area (Å²) in [6.07, 6.45) is 0. The molecule has 0 spiro atoms. The third-order valence-electron chi connectivity index (χ3n) is 3.71. The second-order valence-corrected chi connectivity index (χ2v) is 6.78. The molecule has 4 nitrogen and oxygen atoms in total. The van der Waals surface area contributed by atoms with Gasteiger partial charge in [0, 0.05) is 5.69 Å². The van der Waals surface area contributed by atoms with E-state index in [9.17, 15) is 9.59 Å². The minimum absolute atomic E-state index is 0.271. The smallest absolute Gasteiger partial charge is 0.257 e. The summed E-state index contributed by atoms with van der Waals surface area (Å²) < 4.78 is 0. The first-order valence-electron chi connectivity index (χ1n) is 7.87. The van der Waals surface area contributed by atoms with E-state index in [0.29, 0.717) is 32.5 Å². The van der Waals surface area contributed by atoms with Crippen LogP contribution < -0.4 is 10.6 Å². The number of carbonyl (C=O) groups excluding carboxylic acids is 2. The van der Waals surface area contributed by atoms with Crippen molar-refractivity contribution in [2.24, 2.45) is 0 Å². The molecular weight excluding hydrogens is 407 g/mol. The van der Waals surface area contributed by atoms with Gasteiger partial charge >= 0.3 is 0 Å². The van der Waals surface area contributed by atoms with E-state index in [1.807, 2.05) is 0 Å². The van der Waals surface area contributed by atoms with E-state index in [-0.39, 0.29) is 16.8 Å². The van der Waals surface area contributed by atoms with Gasteiger partial charge in [0.15, 0.2) is 0 Å². The fourth-order valence-electron chi connectivity index (χ4n) is 2.37. The molecule has 0 heterocycles. The number of hydrogen-bond donors (Lipinski definition) is 2. The summed E-state index contributed by atoms with van der Waals surface area (Å²) >= 11 is 18.3. The van der Waals surface area contributed by atoms with Crippen LogP contribution in [0.1, 0.15) is 20.7 Å². The number of benzene rings is 3. The van der Waals surface area contributed by atoms with Crippen LogP contribution in [-0.4, -0.2) is 11.8 Å². The van der Waals surface area contributed by atoms with Gasteiger partial charge in [-0.25, -0.2) is 0 Å². The molecule has 0 aromatic heterocycles. The molecule has 0 bridgehead atoms. The Morgan fingerprint density at radius 2 is 1.15 bits per heavy atom. The molecule has 0 aliphatic heterocycles. The number of halogens is 3. The zero-order chi connectivity index (χ0) is 19.4. The zero-order valence-corrected chi connectivity index (χ0v) is 16.1. The average Bonchev–Trinajstić information content (AvgIpc) is 2.64. The van der Waals surface area contributed by atoms with Crippen molar-refractivity contribution in [3.63, 3.8) is 0 Å². The lowest BCUT2D eigenvalue weighted by molar-refractivity contribution is 0.101. The summed E-state index contributed by atoms with van der Waals surface area (Å²) in [6, 6.07) is 18.2. The molecule has 3 rings (SSSR count). The summed E-state index contributed by atoms with van der Waals surface area (Å²) in [5.74, 6) is -0.736. The molecule has 3 aromatic carbocycles. The van der Waals surface area contributed by atoms with Crippen molar-refractivity contribution in [3.8, 4) is 0 Å². The van der Waals surface area contributed by atoms with Crippen LogP contribution in [-0.2, 0) is 0 Å². The average molecular weight is 420 g/mol. The zero-order valence-electron chi connectivity index (χ0n) is 13.8. The summed E-state index contributed by atoms with van der Waals surface area (Å²) in [7, 11) is 0. The van der Waals surface area contributed by atoms with Crippen LogP contribution >= 0.6 is 34.8 Å². The molecule has 2 N–H and O–H groups in total. The van der Waals surface area contributed by atoms with Gasteiger partial charge in [-0.15, -0.1) is 0 Å². The van der Waals surface area contributed by atoms with E-state index < -0.39 is 0 Å². The number of carbonyl (C=O) groups is 2. The van der Waals surface area contributed by atoms with Gasteiger partial charge in [-0.3, -0.25) is 9.59 Å². The van der Waals surface area contributed by atoms with E-state index in [2.05, 4.69) is 10.6 Å². The van der Waals surface area contributed by atoms with Crippen LogP contribution in [0.2, 0.25) is 15.1 Å². The van der Waals surface area contributed by atoms with Crippen LogP contribution in [0.4, 0.5) is 11.4 Å². The van der Waals surface area contributed by atoms with E-state index in [4.69, 9.17) is 34.8 Å². The molecule has 0 aliphatic rings. The normalized spacial score (nSPS) is 10.3. The number of amides is 2. The third kappa shape index (κ3) is 4.61. The van der Waals surface area contributed by atoms with Gasteiger partial charge in [0.1, 0.15) is 0 Å². The van der Waals surface area contributed by atoms with Crippen molar-refractivity contribution in [1.82, 2.24) is 0 Å². The van der Waals surface area contributed by atoms with Crippen molar-refractivity contribution >= 4 is 58.0 Å². The van der Waals surface area contributed by atoms with Crippen molar-refractivity contribution in [3.05, 3.63) is 92.9 Å². The molecule has 0 unspecified atom stereocenters. The summed E-state index contributed by atoms with van der Waals surface area (Å²) in [5.41, 5.74) is 1.57. The Labute approximate surface area is 171 Å². The van der Waals surface area contributed by atoms with Crippen molar-refractivity contribution < 1.29 is 9.59 Å². The summed E-state index contributed by atoms with van der Waals surface area (Å²) in [4.78, 5) is 24.6. The lowest BCUT2D eigenvalue weighted by Crippen LogP contribution is -2.14. The minimum atomic E-state index is -0.379. The Kier molecular flexibility index (Phi) is 6.01. The molecule has 0 saturated carbocycles. The third-order valence-corrected chi connectivity index (χ3v) is 4.68. The first kappa shape index (κ1) is 19.2. The highest BCUT2D eigenvalue weighted by molar-refractivity contribution is 6.36. The highest BCUT2D eigenvalue weighted by atomic mass is 35.5. The maximum atomic E-state index is 12.3.